The van der Waals surface area contributed by atoms with Crippen molar-refractivity contribution in [3.8, 4) is 22.7 Å². The minimum absolute atomic E-state index is 0.0526. The average molecular weight is 602 g/mol. The van der Waals surface area contributed by atoms with Crippen LogP contribution in [0.3, 0.4) is 0 Å². The third-order valence-electron chi connectivity index (χ3n) is 8.51. The van der Waals surface area contributed by atoms with Crippen LogP contribution in [0.5, 0.6) is 5.75 Å². The number of carbonyl (C=O) groups is 1. The number of pyridine rings is 2. The maximum Gasteiger partial charge on any atom is 0.355 e. The molecule has 0 spiro atoms. The molecule has 1 aromatic carbocycles. The number of nitrogens with zero attached hydrogens (tertiary/aromatic N) is 7. The molecule has 10 nitrogen and oxygen atoms in total. The molecule has 1 N–H and O–H groups in total. The number of phenolic OH excluding ortho intramolecular Hbond substituents is 1. The van der Waals surface area contributed by atoms with Crippen LogP contribution in [0, 0.1) is 18.6 Å². The molecule has 0 radical (unpaired) electrons. The number of benzene rings is 1. The van der Waals surface area contributed by atoms with E-state index in [2.05, 4.69) is 21.5 Å². The first kappa shape index (κ1) is 29.2. The Kier molecular flexibility index (Phi) is 7.10. The summed E-state index contributed by atoms with van der Waals surface area (Å²) in [7, 11) is 1.69. The zero-order valence-corrected chi connectivity index (χ0v) is 25.2. The molecule has 1 saturated heterocycles. The summed E-state index contributed by atoms with van der Waals surface area (Å²) in [6, 6.07) is 4.82. The van der Waals surface area contributed by atoms with Gasteiger partial charge in [0.2, 0.25) is 5.91 Å². The number of piperazine rings is 1. The molecule has 0 saturated carbocycles. The summed E-state index contributed by atoms with van der Waals surface area (Å²) in [6.45, 7) is 12.1. The van der Waals surface area contributed by atoms with Crippen molar-refractivity contribution in [1.29, 1.82) is 0 Å². The van der Waals surface area contributed by atoms with Crippen LogP contribution in [-0.2, 0) is 4.79 Å². The van der Waals surface area contributed by atoms with E-state index < -0.39 is 34.3 Å². The quantitative estimate of drug-likeness (QED) is 0.345. The Morgan fingerprint density at radius 1 is 1.14 bits per heavy atom. The van der Waals surface area contributed by atoms with Crippen molar-refractivity contribution in [1.82, 2.24) is 24.4 Å². The van der Waals surface area contributed by atoms with Gasteiger partial charge < -0.3 is 19.8 Å². The molecule has 5 heterocycles. The molecular weight excluding hydrogens is 568 g/mol. The Hall–Kier alpha value is -4.87. The number of anilines is 2. The van der Waals surface area contributed by atoms with Crippen molar-refractivity contribution in [2.24, 2.45) is 0 Å². The number of hydrogen-bond acceptors (Lipinski definition) is 8. The van der Waals surface area contributed by atoms with Crippen LogP contribution >= 0.6 is 0 Å². The van der Waals surface area contributed by atoms with Gasteiger partial charge in [-0.05, 0) is 49.6 Å². The summed E-state index contributed by atoms with van der Waals surface area (Å²) < 4.78 is 33.4. The molecule has 44 heavy (non-hydrogen) atoms. The number of carbonyl (C=O) groups excluding carboxylic acids is 1. The van der Waals surface area contributed by atoms with Gasteiger partial charge in [0.15, 0.2) is 11.5 Å². The molecule has 1 amide bonds. The number of fused-ring (bicyclic) bond motifs is 2. The summed E-state index contributed by atoms with van der Waals surface area (Å²) in [4.78, 5) is 45.9. The number of aryl methyl sites for hydroxylation is 1. The molecule has 0 bridgehead atoms. The number of rotatable bonds is 4. The van der Waals surface area contributed by atoms with Crippen molar-refractivity contribution < 1.29 is 18.7 Å². The average Bonchev–Trinajstić information content (AvgIpc) is 3.08. The van der Waals surface area contributed by atoms with Gasteiger partial charge in [-0.2, -0.15) is 4.98 Å². The predicted molar refractivity (Wildman–Crippen MR) is 165 cm³/mol. The zero-order valence-electron chi connectivity index (χ0n) is 25.2. The number of amides is 1. The lowest BCUT2D eigenvalue weighted by Crippen LogP contribution is -2.61. The van der Waals surface area contributed by atoms with Crippen molar-refractivity contribution in [3.05, 3.63) is 76.5 Å². The van der Waals surface area contributed by atoms with Gasteiger partial charge in [0.25, 0.3) is 0 Å². The molecule has 1 fully saturated rings. The molecule has 6 rings (SSSR count). The Balaban J connectivity index is 1.75. The minimum atomic E-state index is -0.868. The lowest BCUT2D eigenvalue weighted by atomic mass is 10.0. The summed E-state index contributed by atoms with van der Waals surface area (Å²) >= 11 is 0. The van der Waals surface area contributed by atoms with Crippen molar-refractivity contribution in [2.45, 2.75) is 45.7 Å². The van der Waals surface area contributed by atoms with Crippen molar-refractivity contribution >= 4 is 28.4 Å². The Bertz CT molecular complexity index is 1890. The van der Waals surface area contributed by atoms with E-state index in [4.69, 9.17) is 0 Å². The first-order valence-corrected chi connectivity index (χ1v) is 14.4. The lowest BCUT2D eigenvalue weighted by Gasteiger charge is -2.45. The standard InChI is InChI=1S/C32H33F2N7O3/c1-7-22(43)39-15-19-14-38(6)29-24-30(40(19)13-18(39)5)37-32(44)41(28-17(4)11-12-35-26(28)16(2)3)31(24)36-27(25(29)34)23-20(33)9-8-10-21(23)42/h7-12,16,18-19,42H,1,13-15H2,2-6H3. The second-order valence-corrected chi connectivity index (χ2v) is 11.8. The van der Waals surface area contributed by atoms with Crippen LogP contribution in [-0.4, -0.2) is 74.2 Å². The number of aromatic nitrogens is 4. The summed E-state index contributed by atoms with van der Waals surface area (Å²) in [6.07, 6.45) is 2.92. The van der Waals surface area contributed by atoms with E-state index in [1.165, 1.54) is 22.8 Å². The first-order chi connectivity index (χ1) is 20.9. The lowest BCUT2D eigenvalue weighted by molar-refractivity contribution is -0.128. The highest BCUT2D eigenvalue weighted by Gasteiger charge is 2.40. The number of aromatic hydroxyl groups is 1. The molecule has 228 valence electrons. The summed E-state index contributed by atoms with van der Waals surface area (Å²) in [5, 5.41) is 11.0. The Morgan fingerprint density at radius 3 is 2.57 bits per heavy atom. The van der Waals surface area contributed by atoms with Gasteiger partial charge in [0.1, 0.15) is 23.1 Å². The Morgan fingerprint density at radius 2 is 1.89 bits per heavy atom. The Labute approximate surface area is 252 Å². The van der Waals surface area contributed by atoms with Gasteiger partial charge in [-0.25, -0.2) is 23.1 Å². The first-order valence-electron chi connectivity index (χ1n) is 14.4. The highest BCUT2D eigenvalue weighted by molar-refractivity contribution is 6.02. The van der Waals surface area contributed by atoms with Crippen LogP contribution in [0.2, 0.25) is 0 Å². The van der Waals surface area contributed by atoms with Crippen molar-refractivity contribution in [2.75, 3.05) is 36.5 Å². The molecule has 4 aromatic rings. The maximum absolute atomic E-state index is 16.8. The second kappa shape index (κ2) is 10.7. The molecule has 2 unspecified atom stereocenters. The number of likely N-dealkylation sites (N-methyl/N-ethyl adjacent to an activating group) is 1. The molecule has 2 aliphatic heterocycles. The molecular formula is C32H33F2N7O3. The monoisotopic (exact) mass is 601 g/mol. The van der Waals surface area contributed by atoms with Crippen LogP contribution in [0.4, 0.5) is 20.3 Å². The van der Waals surface area contributed by atoms with E-state index in [9.17, 15) is 14.7 Å². The van der Waals surface area contributed by atoms with Crippen LogP contribution in [0.1, 0.15) is 37.9 Å². The van der Waals surface area contributed by atoms with E-state index in [0.29, 0.717) is 17.9 Å². The van der Waals surface area contributed by atoms with Crippen LogP contribution in [0.15, 0.2) is 47.9 Å². The van der Waals surface area contributed by atoms with E-state index in [1.54, 1.807) is 29.1 Å². The highest BCUT2D eigenvalue weighted by atomic mass is 19.1. The van der Waals surface area contributed by atoms with Crippen LogP contribution < -0.4 is 15.5 Å². The van der Waals surface area contributed by atoms with Crippen LogP contribution in [0.25, 0.3) is 28.0 Å². The highest BCUT2D eigenvalue weighted by Crippen LogP contribution is 2.44. The van der Waals surface area contributed by atoms with Gasteiger partial charge >= 0.3 is 5.69 Å². The van der Waals surface area contributed by atoms with Gasteiger partial charge in [0, 0.05) is 38.9 Å². The SMILES string of the molecule is C=CC(=O)N1CC2CN(C)c3c(F)c(-c4c(O)cccc4F)nc4c3c(nc(=O)n4-c3c(C)ccnc3C(C)C)N2CC1C. The van der Waals surface area contributed by atoms with Gasteiger partial charge in [-0.15, -0.1) is 0 Å². The van der Waals surface area contributed by atoms with E-state index >= 15 is 8.78 Å². The third kappa shape index (κ3) is 4.39. The molecule has 12 heteroatoms. The van der Waals surface area contributed by atoms with Gasteiger partial charge in [0.05, 0.1) is 34.1 Å². The normalized spacial score (nSPS) is 18.0. The van der Waals surface area contributed by atoms with Crippen molar-refractivity contribution in [3.63, 3.8) is 0 Å². The number of hydrogen-bond donors (Lipinski definition) is 1. The third-order valence-corrected chi connectivity index (χ3v) is 8.51. The number of phenols is 1. The van der Waals surface area contributed by atoms with E-state index in [1.807, 2.05) is 32.6 Å². The topological polar surface area (TPSA) is 108 Å². The zero-order chi connectivity index (χ0) is 31.6. The fourth-order valence-corrected chi connectivity index (χ4v) is 6.44. The van der Waals surface area contributed by atoms with Gasteiger partial charge in [-0.3, -0.25) is 9.78 Å². The smallest absolute Gasteiger partial charge is 0.355 e. The largest absolute Gasteiger partial charge is 0.507 e. The molecule has 2 atom stereocenters. The van der Waals surface area contributed by atoms with Gasteiger partial charge in [-0.1, -0.05) is 26.5 Å². The molecule has 2 aliphatic rings. The maximum atomic E-state index is 16.8. The second-order valence-electron chi connectivity index (χ2n) is 11.8. The predicted octanol–water partition coefficient (Wildman–Crippen LogP) is 4.30. The fraction of sp³-hybridized carbons (Fsp3) is 0.344. The number of halogens is 2. The summed E-state index contributed by atoms with van der Waals surface area (Å²) in [5.41, 5.74) is 0.368. The van der Waals surface area contributed by atoms with E-state index in [0.717, 1.165) is 11.6 Å². The fourth-order valence-electron chi connectivity index (χ4n) is 6.44. The molecule has 3 aromatic heterocycles. The summed E-state index contributed by atoms with van der Waals surface area (Å²) in [5.74, 6) is -2.33. The van der Waals surface area contributed by atoms with E-state index in [-0.39, 0.29) is 59.5 Å². The minimum Gasteiger partial charge on any atom is -0.507 e. The molecule has 0 aliphatic carbocycles.